The van der Waals surface area contributed by atoms with Crippen LogP contribution in [0.3, 0.4) is 0 Å². The van der Waals surface area contributed by atoms with Crippen LogP contribution in [-0.4, -0.2) is 31.7 Å². The van der Waals surface area contributed by atoms with Crippen LogP contribution in [-0.2, 0) is 4.74 Å². The van der Waals surface area contributed by atoms with Gasteiger partial charge in [-0.1, -0.05) is 6.07 Å². The fourth-order valence-electron chi connectivity index (χ4n) is 1.63. The predicted octanol–water partition coefficient (Wildman–Crippen LogP) is 2.48. The van der Waals surface area contributed by atoms with Crippen molar-refractivity contribution in [2.75, 3.05) is 37.4 Å². The minimum Gasteiger partial charge on any atom is -0.382 e. The molecule has 2 N–H and O–H groups in total. The Morgan fingerprint density at radius 2 is 2.11 bits per heavy atom. The van der Waals surface area contributed by atoms with Gasteiger partial charge in [0.15, 0.2) is 0 Å². The molecule has 0 radical (unpaired) electrons. The van der Waals surface area contributed by atoms with Gasteiger partial charge >= 0.3 is 5.69 Å². The first-order chi connectivity index (χ1) is 8.70. The number of benzene rings is 1. The van der Waals surface area contributed by atoms with Crippen LogP contribution in [0.4, 0.5) is 17.1 Å². The molecule has 0 spiro atoms. The van der Waals surface area contributed by atoms with Gasteiger partial charge in [-0.15, -0.1) is 0 Å². The van der Waals surface area contributed by atoms with Crippen molar-refractivity contribution in [2.24, 2.45) is 0 Å². The molecule has 1 aromatic carbocycles. The summed E-state index contributed by atoms with van der Waals surface area (Å²) in [6.45, 7) is 3.93. The Morgan fingerprint density at radius 3 is 2.72 bits per heavy atom. The molecule has 0 heterocycles. The van der Waals surface area contributed by atoms with E-state index in [1.165, 1.54) is 0 Å². The molecule has 0 saturated carbocycles. The van der Waals surface area contributed by atoms with Crippen molar-refractivity contribution in [3.8, 4) is 0 Å². The Hall–Kier alpha value is -1.82. The lowest BCUT2D eigenvalue weighted by Gasteiger charge is -2.09. The molecule has 0 bridgehead atoms. The molecule has 0 aliphatic heterocycles. The molecule has 6 nitrogen and oxygen atoms in total. The average molecular weight is 253 g/mol. The van der Waals surface area contributed by atoms with Gasteiger partial charge in [-0.3, -0.25) is 10.1 Å². The third-order valence-corrected chi connectivity index (χ3v) is 2.47. The van der Waals surface area contributed by atoms with Crippen LogP contribution < -0.4 is 10.6 Å². The molecule has 0 aliphatic rings. The maximum absolute atomic E-state index is 11.0. The molecular weight excluding hydrogens is 234 g/mol. The van der Waals surface area contributed by atoms with E-state index in [-0.39, 0.29) is 10.6 Å². The average Bonchev–Trinajstić information content (AvgIpc) is 2.37. The number of nitro groups is 1. The largest absolute Gasteiger partial charge is 0.382 e. The zero-order valence-electron chi connectivity index (χ0n) is 10.7. The topological polar surface area (TPSA) is 76.4 Å². The second-order valence-electron chi connectivity index (χ2n) is 3.69. The number of nitro benzene ring substituents is 1. The number of nitrogens with zero attached hydrogens (tertiary/aromatic N) is 1. The number of para-hydroxylation sites is 1. The van der Waals surface area contributed by atoms with Crippen LogP contribution in [0.15, 0.2) is 18.2 Å². The molecule has 100 valence electrons. The molecule has 0 fully saturated rings. The normalized spacial score (nSPS) is 10.1. The van der Waals surface area contributed by atoms with Gasteiger partial charge in [0.2, 0.25) is 0 Å². The van der Waals surface area contributed by atoms with Crippen molar-refractivity contribution in [1.82, 2.24) is 0 Å². The van der Waals surface area contributed by atoms with Crippen molar-refractivity contribution in [3.63, 3.8) is 0 Å². The van der Waals surface area contributed by atoms with E-state index in [2.05, 4.69) is 10.6 Å². The minimum absolute atomic E-state index is 0.0800. The smallest absolute Gasteiger partial charge is 0.315 e. The van der Waals surface area contributed by atoms with Crippen LogP contribution >= 0.6 is 0 Å². The number of rotatable bonds is 8. The minimum atomic E-state index is -0.378. The second kappa shape index (κ2) is 7.50. The third-order valence-electron chi connectivity index (χ3n) is 2.47. The van der Waals surface area contributed by atoms with E-state index in [9.17, 15) is 10.1 Å². The molecule has 0 saturated heterocycles. The van der Waals surface area contributed by atoms with Gasteiger partial charge in [0.1, 0.15) is 11.4 Å². The third kappa shape index (κ3) is 3.89. The summed E-state index contributed by atoms with van der Waals surface area (Å²) in [4.78, 5) is 10.7. The lowest BCUT2D eigenvalue weighted by molar-refractivity contribution is -0.383. The number of nitrogens with one attached hydrogen (secondary N) is 2. The number of ether oxygens (including phenoxy) is 1. The maximum Gasteiger partial charge on any atom is 0.315 e. The molecule has 0 atom stereocenters. The van der Waals surface area contributed by atoms with Crippen molar-refractivity contribution in [1.29, 1.82) is 0 Å². The van der Waals surface area contributed by atoms with Crippen molar-refractivity contribution < 1.29 is 9.66 Å². The lowest BCUT2D eigenvalue weighted by Crippen LogP contribution is -2.08. The molecule has 6 heteroatoms. The Kier molecular flexibility index (Phi) is 5.93. The molecular formula is C12H19N3O3. The summed E-state index contributed by atoms with van der Waals surface area (Å²) in [6.07, 6.45) is 0.814. The Morgan fingerprint density at radius 1 is 1.39 bits per heavy atom. The SMILES string of the molecule is CCOCCCNc1cccc(NC)c1[N+](=O)[O-]. The van der Waals surface area contributed by atoms with Crippen LogP contribution in [0.2, 0.25) is 0 Å². The van der Waals surface area contributed by atoms with Gasteiger partial charge in [-0.05, 0) is 25.5 Å². The summed E-state index contributed by atoms with van der Waals surface area (Å²) in [5.41, 5.74) is 1.12. The monoisotopic (exact) mass is 253 g/mol. The van der Waals surface area contributed by atoms with Crippen molar-refractivity contribution >= 4 is 17.1 Å². The molecule has 1 rings (SSSR count). The molecule has 0 unspecified atom stereocenters. The number of anilines is 2. The lowest BCUT2D eigenvalue weighted by atomic mass is 10.2. The van der Waals surface area contributed by atoms with E-state index in [4.69, 9.17) is 4.74 Å². The van der Waals surface area contributed by atoms with Crippen molar-refractivity contribution in [3.05, 3.63) is 28.3 Å². The highest BCUT2D eigenvalue weighted by molar-refractivity contribution is 5.75. The van der Waals surface area contributed by atoms with Gasteiger partial charge in [-0.25, -0.2) is 0 Å². The first kappa shape index (κ1) is 14.2. The van der Waals surface area contributed by atoms with E-state index in [1.807, 2.05) is 6.92 Å². The van der Waals surface area contributed by atoms with Gasteiger partial charge in [0.25, 0.3) is 0 Å². The van der Waals surface area contributed by atoms with Crippen LogP contribution in [0.1, 0.15) is 13.3 Å². The first-order valence-corrected chi connectivity index (χ1v) is 5.97. The second-order valence-corrected chi connectivity index (χ2v) is 3.69. The molecule has 0 amide bonds. The standard InChI is InChI=1S/C12H19N3O3/c1-3-18-9-5-8-14-11-7-4-6-10(13-2)12(11)15(16)17/h4,6-7,13-14H,3,5,8-9H2,1-2H3. The molecule has 1 aromatic rings. The van der Waals surface area contributed by atoms with Gasteiger partial charge in [0.05, 0.1) is 4.92 Å². The summed E-state index contributed by atoms with van der Waals surface area (Å²) < 4.78 is 5.21. The Balaban J connectivity index is 2.67. The van der Waals surface area contributed by atoms with E-state index in [1.54, 1.807) is 25.2 Å². The van der Waals surface area contributed by atoms with Gasteiger partial charge in [-0.2, -0.15) is 0 Å². The predicted molar refractivity (Wildman–Crippen MR) is 72.2 cm³/mol. The summed E-state index contributed by atoms with van der Waals surface area (Å²) >= 11 is 0. The molecule has 0 aliphatic carbocycles. The number of hydrogen-bond acceptors (Lipinski definition) is 5. The summed E-state index contributed by atoms with van der Waals surface area (Å²) in [5.74, 6) is 0. The fraction of sp³-hybridized carbons (Fsp3) is 0.500. The zero-order chi connectivity index (χ0) is 13.4. The van der Waals surface area contributed by atoms with Crippen LogP contribution in [0.5, 0.6) is 0 Å². The molecule has 18 heavy (non-hydrogen) atoms. The fourth-order valence-corrected chi connectivity index (χ4v) is 1.63. The van der Waals surface area contributed by atoms with Crippen LogP contribution in [0, 0.1) is 10.1 Å². The highest BCUT2D eigenvalue weighted by Gasteiger charge is 2.18. The quantitative estimate of drug-likeness (QED) is 0.423. The summed E-state index contributed by atoms with van der Waals surface area (Å²) in [6, 6.07) is 5.17. The van der Waals surface area contributed by atoms with Gasteiger partial charge in [0, 0.05) is 26.8 Å². The molecule has 0 aromatic heterocycles. The van der Waals surface area contributed by atoms with E-state index in [0.717, 1.165) is 6.42 Å². The summed E-state index contributed by atoms with van der Waals surface area (Å²) in [7, 11) is 1.67. The van der Waals surface area contributed by atoms with Crippen LogP contribution in [0.25, 0.3) is 0 Å². The summed E-state index contributed by atoms with van der Waals surface area (Å²) in [5, 5.41) is 16.9. The van der Waals surface area contributed by atoms with E-state index >= 15 is 0 Å². The Labute approximate surface area is 106 Å². The highest BCUT2D eigenvalue weighted by atomic mass is 16.6. The van der Waals surface area contributed by atoms with E-state index < -0.39 is 0 Å². The number of hydrogen-bond donors (Lipinski definition) is 2. The van der Waals surface area contributed by atoms with Gasteiger partial charge < -0.3 is 15.4 Å². The first-order valence-electron chi connectivity index (χ1n) is 5.97. The van der Waals surface area contributed by atoms with Crippen molar-refractivity contribution in [2.45, 2.75) is 13.3 Å². The van der Waals surface area contributed by atoms with E-state index in [0.29, 0.717) is 31.1 Å². The highest BCUT2D eigenvalue weighted by Crippen LogP contribution is 2.32. The maximum atomic E-state index is 11.0. The Bertz CT molecular complexity index is 396. The zero-order valence-corrected chi connectivity index (χ0v) is 10.7.